The van der Waals surface area contributed by atoms with E-state index in [4.69, 9.17) is 5.73 Å². The van der Waals surface area contributed by atoms with Gasteiger partial charge < -0.3 is 10.7 Å². The summed E-state index contributed by atoms with van der Waals surface area (Å²) in [5.41, 5.74) is 5.38. The normalized spacial score (nSPS) is 12.2. The number of rotatable bonds is 0. The van der Waals surface area contributed by atoms with E-state index in [-0.39, 0.29) is 16.9 Å². The maximum Gasteiger partial charge on any atom is 0.449 e. The maximum absolute atomic E-state index is 12.2. The summed E-state index contributed by atoms with van der Waals surface area (Å²) in [6.07, 6.45) is -3.39. The second-order valence-corrected chi connectivity index (χ2v) is 2.58. The Morgan fingerprint density at radius 3 is 2.64 bits per heavy atom. The van der Waals surface area contributed by atoms with E-state index in [1.807, 2.05) is 0 Å². The summed E-state index contributed by atoms with van der Waals surface area (Å²) in [4.78, 5) is 5.33. The zero-order valence-electron chi connectivity index (χ0n) is 6.63. The number of nitrogens with one attached hydrogen (secondary N) is 1. The number of alkyl halides is 3. The lowest BCUT2D eigenvalue weighted by atomic mass is 10.4. The van der Waals surface area contributed by atoms with Gasteiger partial charge in [0.15, 0.2) is 5.82 Å². The number of H-pyrrole nitrogens is 1. The van der Waals surface area contributed by atoms with Gasteiger partial charge in [0.05, 0.1) is 11.7 Å². The third-order valence-corrected chi connectivity index (χ3v) is 1.60. The number of aromatic nitrogens is 4. The Balaban J connectivity index is 2.69. The number of hydrogen-bond acceptors (Lipinski definition) is 4. The molecule has 0 saturated heterocycles. The van der Waals surface area contributed by atoms with Crippen LogP contribution in [0.25, 0.3) is 11.0 Å². The molecule has 0 spiro atoms. The molecule has 2 rings (SSSR count). The van der Waals surface area contributed by atoms with Crippen molar-refractivity contribution in [3.63, 3.8) is 0 Å². The van der Waals surface area contributed by atoms with Crippen LogP contribution in [0, 0.1) is 0 Å². The Morgan fingerprint density at radius 2 is 2.07 bits per heavy atom. The third-order valence-electron chi connectivity index (χ3n) is 1.60. The fourth-order valence-corrected chi connectivity index (χ4v) is 1.01. The van der Waals surface area contributed by atoms with Gasteiger partial charge >= 0.3 is 6.18 Å². The van der Waals surface area contributed by atoms with Gasteiger partial charge in [-0.25, -0.2) is 4.98 Å². The van der Waals surface area contributed by atoms with Gasteiger partial charge in [-0.3, -0.25) is 0 Å². The van der Waals surface area contributed by atoms with E-state index in [0.29, 0.717) is 0 Å². The van der Waals surface area contributed by atoms with Crippen molar-refractivity contribution in [2.75, 3.05) is 5.73 Å². The number of nitrogens with zero attached hydrogens (tertiary/aromatic N) is 3. The van der Waals surface area contributed by atoms with Crippen molar-refractivity contribution in [3.8, 4) is 0 Å². The molecular weight excluding hydrogens is 199 g/mol. The predicted octanol–water partition coefficient (Wildman–Crippen LogP) is 0.954. The first-order valence-corrected chi connectivity index (χ1v) is 3.52. The minimum absolute atomic E-state index is 0.0210. The fourth-order valence-electron chi connectivity index (χ4n) is 1.01. The second-order valence-electron chi connectivity index (χ2n) is 2.58. The van der Waals surface area contributed by atoms with E-state index < -0.39 is 12.0 Å². The molecule has 0 fully saturated rings. The van der Waals surface area contributed by atoms with Crippen LogP contribution in [0.3, 0.4) is 0 Å². The van der Waals surface area contributed by atoms with Crippen molar-refractivity contribution in [1.82, 2.24) is 20.2 Å². The van der Waals surface area contributed by atoms with Gasteiger partial charge in [0.2, 0.25) is 5.82 Å². The molecule has 0 aliphatic heterocycles. The fraction of sp³-hybridized carbons (Fsp3) is 0.167. The number of hydrogen-bond donors (Lipinski definition) is 2. The highest BCUT2D eigenvalue weighted by Gasteiger charge is 2.35. The van der Waals surface area contributed by atoms with Gasteiger partial charge in [-0.2, -0.15) is 18.3 Å². The number of fused-ring (bicyclic) bond motifs is 1. The molecule has 0 unspecified atom stereocenters. The van der Waals surface area contributed by atoms with Crippen LogP contribution in [0.4, 0.5) is 19.0 Å². The molecule has 74 valence electrons. The molecular formula is C6H4F3N5. The Kier molecular flexibility index (Phi) is 1.60. The zero-order valence-corrected chi connectivity index (χ0v) is 6.63. The third kappa shape index (κ3) is 1.24. The Bertz CT molecular complexity index is 474. The minimum Gasteiger partial charge on any atom is -0.380 e. The van der Waals surface area contributed by atoms with Crippen LogP contribution in [-0.4, -0.2) is 20.2 Å². The van der Waals surface area contributed by atoms with Gasteiger partial charge in [-0.15, -0.1) is 5.10 Å². The van der Waals surface area contributed by atoms with Crippen LogP contribution in [0.1, 0.15) is 5.82 Å². The van der Waals surface area contributed by atoms with Crippen molar-refractivity contribution in [1.29, 1.82) is 0 Å². The molecule has 2 aromatic heterocycles. The van der Waals surface area contributed by atoms with Crippen molar-refractivity contribution < 1.29 is 13.2 Å². The first-order valence-electron chi connectivity index (χ1n) is 3.52. The second kappa shape index (κ2) is 2.56. The standard InChI is InChI=1S/C6H4F3N5/c7-6(8,9)5-12-2-1-11-14-4(10)3(2)13-5/h1H,(H2,10,14)(H,12,13). The molecule has 8 heteroatoms. The molecule has 0 radical (unpaired) electrons. The first-order chi connectivity index (χ1) is 6.48. The summed E-state index contributed by atoms with van der Waals surface area (Å²) in [7, 11) is 0. The van der Waals surface area contributed by atoms with E-state index in [1.54, 1.807) is 0 Å². The molecule has 14 heavy (non-hydrogen) atoms. The molecule has 2 aromatic rings. The average Bonchev–Trinajstić information content (AvgIpc) is 2.48. The molecule has 0 aromatic carbocycles. The summed E-state index contributed by atoms with van der Waals surface area (Å²) < 4.78 is 36.5. The molecule has 0 saturated carbocycles. The van der Waals surface area contributed by atoms with Gasteiger partial charge in [-0.05, 0) is 0 Å². The number of imidazole rings is 1. The van der Waals surface area contributed by atoms with Gasteiger partial charge in [0.25, 0.3) is 0 Å². The van der Waals surface area contributed by atoms with E-state index in [1.165, 1.54) is 0 Å². The largest absolute Gasteiger partial charge is 0.449 e. The average molecular weight is 203 g/mol. The highest BCUT2D eigenvalue weighted by atomic mass is 19.4. The van der Waals surface area contributed by atoms with E-state index in [0.717, 1.165) is 6.20 Å². The van der Waals surface area contributed by atoms with Crippen molar-refractivity contribution in [2.45, 2.75) is 6.18 Å². The van der Waals surface area contributed by atoms with Gasteiger partial charge in [0.1, 0.15) is 5.52 Å². The number of nitrogen functional groups attached to an aromatic ring is 1. The quantitative estimate of drug-likeness (QED) is 0.668. The van der Waals surface area contributed by atoms with Crippen LogP contribution >= 0.6 is 0 Å². The Labute approximate surface area is 75.2 Å². The number of nitrogens with two attached hydrogens (primary N) is 1. The van der Waals surface area contributed by atoms with Crippen molar-refractivity contribution in [2.24, 2.45) is 0 Å². The van der Waals surface area contributed by atoms with E-state index in [9.17, 15) is 13.2 Å². The monoisotopic (exact) mass is 203 g/mol. The highest BCUT2D eigenvalue weighted by molar-refractivity contribution is 5.83. The zero-order chi connectivity index (χ0) is 10.3. The molecule has 0 aliphatic rings. The van der Waals surface area contributed by atoms with Crippen LogP contribution < -0.4 is 5.73 Å². The van der Waals surface area contributed by atoms with Crippen LogP contribution in [0.5, 0.6) is 0 Å². The summed E-state index contributed by atoms with van der Waals surface area (Å²) in [5.74, 6) is -1.23. The van der Waals surface area contributed by atoms with Gasteiger partial charge in [-0.1, -0.05) is 0 Å². The van der Waals surface area contributed by atoms with E-state index >= 15 is 0 Å². The van der Waals surface area contributed by atoms with Crippen molar-refractivity contribution >= 4 is 16.9 Å². The molecule has 0 aliphatic carbocycles. The van der Waals surface area contributed by atoms with Crippen LogP contribution in [0.15, 0.2) is 6.20 Å². The molecule has 2 heterocycles. The highest BCUT2D eigenvalue weighted by Crippen LogP contribution is 2.28. The molecule has 0 bridgehead atoms. The molecule has 0 atom stereocenters. The summed E-state index contributed by atoms with van der Waals surface area (Å²) in [6.45, 7) is 0. The SMILES string of the molecule is Nc1nncc2[nH]c(C(F)(F)F)nc12. The van der Waals surface area contributed by atoms with Crippen LogP contribution in [-0.2, 0) is 6.18 Å². The summed E-state index contributed by atoms with van der Waals surface area (Å²) in [6, 6.07) is 0. The Hall–Kier alpha value is -1.86. The Morgan fingerprint density at radius 1 is 1.36 bits per heavy atom. The molecule has 5 nitrogen and oxygen atoms in total. The topological polar surface area (TPSA) is 80.5 Å². The number of halogens is 3. The number of aromatic amines is 1. The molecule has 0 amide bonds. The lowest BCUT2D eigenvalue weighted by Crippen LogP contribution is -2.06. The van der Waals surface area contributed by atoms with Crippen molar-refractivity contribution in [3.05, 3.63) is 12.0 Å². The van der Waals surface area contributed by atoms with Gasteiger partial charge in [0, 0.05) is 0 Å². The lowest BCUT2D eigenvalue weighted by molar-refractivity contribution is -0.144. The smallest absolute Gasteiger partial charge is 0.380 e. The summed E-state index contributed by atoms with van der Waals surface area (Å²) >= 11 is 0. The first kappa shape index (κ1) is 8.73. The lowest BCUT2D eigenvalue weighted by Gasteiger charge is -1.98. The minimum atomic E-state index is -4.52. The number of anilines is 1. The molecule has 3 N–H and O–H groups in total. The summed E-state index contributed by atoms with van der Waals surface area (Å²) in [5, 5.41) is 6.77. The van der Waals surface area contributed by atoms with Crippen LogP contribution in [0.2, 0.25) is 0 Å². The maximum atomic E-state index is 12.2. The predicted molar refractivity (Wildman–Crippen MR) is 41.1 cm³/mol. The van der Waals surface area contributed by atoms with E-state index in [2.05, 4.69) is 20.2 Å².